The van der Waals surface area contributed by atoms with Gasteiger partial charge >= 0.3 is 0 Å². The Labute approximate surface area is 167 Å². The van der Waals surface area contributed by atoms with Crippen molar-refractivity contribution >= 4 is 17.4 Å². The van der Waals surface area contributed by atoms with Crippen molar-refractivity contribution in [2.24, 2.45) is 0 Å². The normalized spacial score (nSPS) is 10.8. The van der Waals surface area contributed by atoms with Gasteiger partial charge in [-0.15, -0.1) is 0 Å². The summed E-state index contributed by atoms with van der Waals surface area (Å²) >= 11 is 6.04. The largest absolute Gasteiger partial charge is 0.352 e. The van der Waals surface area contributed by atoms with Gasteiger partial charge in [0.15, 0.2) is 0 Å². The Morgan fingerprint density at radius 2 is 1.78 bits per heavy atom. The molecule has 0 fully saturated rings. The van der Waals surface area contributed by atoms with Crippen LogP contribution < -0.4 is 4.90 Å². The third kappa shape index (κ3) is 4.86. The van der Waals surface area contributed by atoms with E-state index in [1.807, 2.05) is 24.3 Å². The zero-order chi connectivity index (χ0) is 19.2. The van der Waals surface area contributed by atoms with Crippen LogP contribution in [0.2, 0.25) is 5.02 Å². The van der Waals surface area contributed by atoms with Crippen LogP contribution in [0.25, 0.3) is 11.3 Å². The number of aryl methyl sites for hydroxylation is 1. The highest BCUT2D eigenvalue weighted by atomic mass is 35.5. The molecule has 3 nitrogen and oxygen atoms in total. The molecule has 1 aromatic heterocycles. The van der Waals surface area contributed by atoms with E-state index in [1.165, 1.54) is 11.1 Å². The van der Waals surface area contributed by atoms with E-state index >= 15 is 0 Å². The van der Waals surface area contributed by atoms with Crippen molar-refractivity contribution in [2.45, 2.75) is 40.2 Å². The van der Waals surface area contributed by atoms with Gasteiger partial charge in [0.2, 0.25) is 0 Å². The van der Waals surface area contributed by atoms with Crippen molar-refractivity contribution < 1.29 is 0 Å². The van der Waals surface area contributed by atoms with Crippen molar-refractivity contribution in [3.8, 4) is 11.3 Å². The highest BCUT2D eigenvalue weighted by molar-refractivity contribution is 6.30. The number of nitrogens with zero attached hydrogens (tertiary/aromatic N) is 3. The second-order valence-corrected chi connectivity index (χ2v) is 7.38. The predicted octanol–water partition coefficient (Wildman–Crippen LogP) is 6.22. The van der Waals surface area contributed by atoms with Crippen LogP contribution in [0.15, 0.2) is 54.9 Å². The minimum absolute atomic E-state index is 0.731. The van der Waals surface area contributed by atoms with E-state index in [2.05, 4.69) is 59.9 Å². The van der Waals surface area contributed by atoms with Gasteiger partial charge in [-0.25, -0.2) is 9.97 Å². The SMILES string of the molecule is CCCCN(Cc1cccc(C)c1)c1ncnc(-c2ccc(Cl)cc2)c1C. The number of aromatic nitrogens is 2. The number of unbranched alkanes of at least 4 members (excludes halogenated alkanes) is 1. The Hall–Kier alpha value is -2.39. The standard InChI is InChI=1S/C23H26ClN3/c1-4-5-13-27(15-19-8-6-7-17(2)14-19)23-18(3)22(25-16-26-23)20-9-11-21(24)12-10-20/h6-12,14,16H,4-5,13,15H2,1-3H3. The molecule has 3 rings (SSSR count). The molecule has 0 aliphatic rings. The molecule has 0 amide bonds. The average Bonchev–Trinajstić information content (AvgIpc) is 2.66. The molecule has 1 heterocycles. The lowest BCUT2D eigenvalue weighted by Crippen LogP contribution is -2.26. The molecular weight excluding hydrogens is 354 g/mol. The molecule has 0 aliphatic heterocycles. The van der Waals surface area contributed by atoms with E-state index in [0.717, 1.165) is 53.6 Å². The molecule has 27 heavy (non-hydrogen) atoms. The fourth-order valence-electron chi connectivity index (χ4n) is 3.30. The van der Waals surface area contributed by atoms with Crippen LogP contribution in [0.1, 0.15) is 36.5 Å². The lowest BCUT2D eigenvalue weighted by molar-refractivity contribution is 0.704. The smallest absolute Gasteiger partial charge is 0.135 e. The minimum atomic E-state index is 0.731. The maximum atomic E-state index is 6.04. The number of hydrogen-bond donors (Lipinski definition) is 0. The van der Waals surface area contributed by atoms with Crippen LogP contribution in [-0.2, 0) is 6.54 Å². The van der Waals surface area contributed by atoms with Crippen LogP contribution in [0.3, 0.4) is 0 Å². The number of hydrogen-bond acceptors (Lipinski definition) is 3. The lowest BCUT2D eigenvalue weighted by Gasteiger charge is -2.26. The Morgan fingerprint density at radius 1 is 1.00 bits per heavy atom. The van der Waals surface area contributed by atoms with Crippen LogP contribution in [-0.4, -0.2) is 16.5 Å². The Bertz CT molecular complexity index is 890. The molecule has 0 bridgehead atoms. The second kappa shape index (κ2) is 9.01. The number of anilines is 1. The predicted molar refractivity (Wildman–Crippen MR) is 114 cm³/mol. The number of halogens is 1. The molecule has 0 saturated heterocycles. The fourth-order valence-corrected chi connectivity index (χ4v) is 3.42. The molecule has 0 unspecified atom stereocenters. The maximum absolute atomic E-state index is 6.04. The molecule has 0 saturated carbocycles. The van der Waals surface area contributed by atoms with Crippen LogP contribution >= 0.6 is 11.6 Å². The number of rotatable bonds is 7. The summed E-state index contributed by atoms with van der Waals surface area (Å²) in [6.45, 7) is 8.28. The average molecular weight is 380 g/mol. The summed E-state index contributed by atoms with van der Waals surface area (Å²) in [5.41, 5.74) is 5.71. The first-order valence-corrected chi connectivity index (χ1v) is 9.84. The van der Waals surface area contributed by atoms with Gasteiger partial charge in [-0.1, -0.05) is 66.9 Å². The van der Waals surface area contributed by atoms with Crippen LogP contribution in [0, 0.1) is 13.8 Å². The third-order valence-electron chi connectivity index (χ3n) is 4.71. The topological polar surface area (TPSA) is 29.0 Å². The van der Waals surface area contributed by atoms with Crippen molar-refractivity contribution in [2.75, 3.05) is 11.4 Å². The van der Waals surface area contributed by atoms with E-state index < -0.39 is 0 Å². The van der Waals surface area contributed by atoms with Crippen molar-refractivity contribution in [1.82, 2.24) is 9.97 Å². The number of benzene rings is 2. The quantitative estimate of drug-likeness (QED) is 0.487. The zero-order valence-corrected chi connectivity index (χ0v) is 17.0. The summed E-state index contributed by atoms with van der Waals surface area (Å²) in [5.74, 6) is 1.00. The summed E-state index contributed by atoms with van der Waals surface area (Å²) in [4.78, 5) is 11.6. The molecule has 3 aromatic rings. The molecule has 0 radical (unpaired) electrons. The summed E-state index contributed by atoms with van der Waals surface area (Å²) < 4.78 is 0. The fraction of sp³-hybridized carbons (Fsp3) is 0.304. The first-order valence-electron chi connectivity index (χ1n) is 9.46. The maximum Gasteiger partial charge on any atom is 0.135 e. The van der Waals surface area contributed by atoms with Crippen LogP contribution in [0.4, 0.5) is 5.82 Å². The van der Waals surface area contributed by atoms with Gasteiger partial charge in [-0.3, -0.25) is 0 Å². The van der Waals surface area contributed by atoms with E-state index in [-0.39, 0.29) is 0 Å². The Balaban J connectivity index is 1.96. The summed E-state index contributed by atoms with van der Waals surface area (Å²) in [5, 5.41) is 0.731. The first-order chi connectivity index (χ1) is 13.1. The molecule has 0 aliphatic carbocycles. The first kappa shape index (κ1) is 19.4. The van der Waals surface area contributed by atoms with Gasteiger partial charge < -0.3 is 4.90 Å². The van der Waals surface area contributed by atoms with E-state index in [9.17, 15) is 0 Å². The van der Waals surface area contributed by atoms with Gasteiger partial charge in [0.05, 0.1) is 5.69 Å². The van der Waals surface area contributed by atoms with Gasteiger partial charge in [0.1, 0.15) is 12.1 Å². The van der Waals surface area contributed by atoms with Gasteiger partial charge in [-0.05, 0) is 38.0 Å². The highest BCUT2D eigenvalue weighted by Gasteiger charge is 2.15. The molecule has 0 N–H and O–H groups in total. The third-order valence-corrected chi connectivity index (χ3v) is 4.96. The summed E-state index contributed by atoms with van der Waals surface area (Å²) in [6, 6.07) is 16.5. The van der Waals surface area contributed by atoms with Crippen LogP contribution in [0.5, 0.6) is 0 Å². The zero-order valence-electron chi connectivity index (χ0n) is 16.2. The second-order valence-electron chi connectivity index (χ2n) is 6.94. The minimum Gasteiger partial charge on any atom is -0.352 e. The molecule has 0 atom stereocenters. The van der Waals surface area contributed by atoms with Gasteiger partial charge in [-0.2, -0.15) is 0 Å². The van der Waals surface area contributed by atoms with Gasteiger partial charge in [0, 0.05) is 29.2 Å². The van der Waals surface area contributed by atoms with E-state index in [0.29, 0.717) is 0 Å². The van der Waals surface area contributed by atoms with Crippen molar-refractivity contribution in [3.05, 3.63) is 76.6 Å². The van der Waals surface area contributed by atoms with Gasteiger partial charge in [0.25, 0.3) is 0 Å². The summed E-state index contributed by atoms with van der Waals surface area (Å²) in [6.07, 6.45) is 3.95. The molecule has 140 valence electrons. The molecular formula is C23H26ClN3. The van der Waals surface area contributed by atoms with E-state index in [4.69, 9.17) is 11.6 Å². The summed E-state index contributed by atoms with van der Waals surface area (Å²) in [7, 11) is 0. The molecule has 0 spiro atoms. The highest BCUT2D eigenvalue weighted by Crippen LogP contribution is 2.29. The lowest BCUT2D eigenvalue weighted by atomic mass is 10.1. The Kier molecular flexibility index (Phi) is 6.46. The molecule has 2 aromatic carbocycles. The monoisotopic (exact) mass is 379 g/mol. The molecule has 4 heteroatoms. The Morgan fingerprint density at radius 3 is 2.48 bits per heavy atom. The van der Waals surface area contributed by atoms with E-state index in [1.54, 1.807) is 6.33 Å². The van der Waals surface area contributed by atoms with Crippen molar-refractivity contribution in [1.29, 1.82) is 0 Å². The van der Waals surface area contributed by atoms with Crippen molar-refractivity contribution in [3.63, 3.8) is 0 Å².